The van der Waals surface area contributed by atoms with Crippen LogP contribution in [0.15, 0.2) is 11.6 Å². The van der Waals surface area contributed by atoms with E-state index in [1.54, 1.807) is 11.3 Å². The third-order valence-corrected chi connectivity index (χ3v) is 4.19. The van der Waals surface area contributed by atoms with Gasteiger partial charge in [0.1, 0.15) is 5.69 Å². The Bertz CT molecular complexity index is 508. The summed E-state index contributed by atoms with van der Waals surface area (Å²) in [5.74, 6) is 0.501. The Morgan fingerprint density at radius 1 is 1.38 bits per heavy atom. The van der Waals surface area contributed by atoms with Gasteiger partial charge < -0.3 is 0 Å². The fraction of sp³-hybridized carbons (Fsp3) is 0.500. The highest BCUT2D eigenvalue weighted by Crippen LogP contribution is 2.34. The molecule has 1 saturated carbocycles. The van der Waals surface area contributed by atoms with Gasteiger partial charge in [-0.3, -0.25) is 9.20 Å². The summed E-state index contributed by atoms with van der Waals surface area (Å²) < 4.78 is 1.92. The van der Waals surface area contributed by atoms with Gasteiger partial charge in [-0.25, -0.2) is 4.98 Å². The molecule has 0 aromatic carbocycles. The van der Waals surface area contributed by atoms with Crippen molar-refractivity contribution in [2.75, 3.05) is 0 Å². The van der Waals surface area contributed by atoms with Crippen LogP contribution in [0.5, 0.6) is 0 Å². The molecule has 0 saturated heterocycles. The van der Waals surface area contributed by atoms with Crippen LogP contribution in [-0.4, -0.2) is 15.7 Å². The van der Waals surface area contributed by atoms with Crippen LogP contribution in [0.25, 0.3) is 4.96 Å². The van der Waals surface area contributed by atoms with Crippen LogP contribution in [-0.2, 0) is 0 Å². The minimum atomic E-state index is 0.501. The van der Waals surface area contributed by atoms with Crippen LogP contribution in [0.3, 0.4) is 0 Å². The van der Waals surface area contributed by atoms with Crippen LogP contribution in [0.4, 0.5) is 0 Å². The average molecular weight is 234 g/mol. The molecule has 4 heteroatoms. The van der Waals surface area contributed by atoms with Crippen molar-refractivity contribution in [3.05, 3.63) is 23.0 Å². The molecule has 0 unspecified atom stereocenters. The number of nitrogens with zero attached hydrogens (tertiary/aromatic N) is 2. The third kappa shape index (κ3) is 1.48. The molecule has 0 atom stereocenters. The second kappa shape index (κ2) is 4.01. The molecule has 3 rings (SSSR count). The Hall–Kier alpha value is -1.16. The number of rotatable bonds is 2. The lowest BCUT2D eigenvalue weighted by Gasteiger charge is -2.20. The van der Waals surface area contributed by atoms with Crippen LogP contribution in [0.2, 0.25) is 0 Å². The maximum atomic E-state index is 11.2. The summed E-state index contributed by atoms with van der Waals surface area (Å²) in [4.78, 5) is 16.8. The summed E-state index contributed by atoms with van der Waals surface area (Å²) >= 11 is 1.59. The van der Waals surface area contributed by atoms with Gasteiger partial charge in [-0.15, -0.1) is 11.3 Å². The van der Waals surface area contributed by atoms with E-state index < -0.39 is 0 Å². The lowest BCUT2D eigenvalue weighted by Crippen LogP contribution is -2.07. The van der Waals surface area contributed by atoms with E-state index >= 15 is 0 Å². The SMILES string of the molecule is O=Cc1c(C2CCCCC2)nc2sccn12. The number of aromatic nitrogens is 2. The van der Waals surface area contributed by atoms with Crippen molar-refractivity contribution in [3.63, 3.8) is 0 Å². The van der Waals surface area contributed by atoms with Crippen LogP contribution in [0, 0.1) is 0 Å². The van der Waals surface area contributed by atoms with E-state index in [0.29, 0.717) is 5.92 Å². The van der Waals surface area contributed by atoms with Crippen LogP contribution < -0.4 is 0 Å². The first-order chi connectivity index (χ1) is 7.90. The van der Waals surface area contributed by atoms with Gasteiger partial charge in [0.25, 0.3) is 0 Å². The molecule has 1 aliphatic carbocycles. The molecule has 0 amide bonds. The molecule has 2 heterocycles. The summed E-state index contributed by atoms with van der Waals surface area (Å²) in [5.41, 5.74) is 1.80. The Morgan fingerprint density at radius 2 is 2.19 bits per heavy atom. The predicted octanol–water partition coefficient (Wildman–Crippen LogP) is 3.26. The van der Waals surface area contributed by atoms with Crippen molar-refractivity contribution in [1.29, 1.82) is 0 Å². The highest BCUT2D eigenvalue weighted by molar-refractivity contribution is 7.15. The number of carbonyl (C=O) groups excluding carboxylic acids is 1. The molecule has 1 aliphatic rings. The number of imidazole rings is 1. The summed E-state index contributed by atoms with van der Waals surface area (Å²) in [6, 6.07) is 0. The highest BCUT2D eigenvalue weighted by atomic mass is 32.1. The predicted molar refractivity (Wildman–Crippen MR) is 64.3 cm³/mol. The minimum absolute atomic E-state index is 0.501. The fourth-order valence-electron chi connectivity index (χ4n) is 2.61. The second-order valence-corrected chi connectivity index (χ2v) is 5.26. The van der Waals surface area contributed by atoms with Crippen molar-refractivity contribution in [3.8, 4) is 0 Å². The topological polar surface area (TPSA) is 34.4 Å². The number of carbonyl (C=O) groups is 1. The largest absolute Gasteiger partial charge is 0.296 e. The zero-order valence-electron chi connectivity index (χ0n) is 9.06. The van der Waals surface area contributed by atoms with Crippen LogP contribution >= 0.6 is 11.3 Å². The zero-order chi connectivity index (χ0) is 11.0. The van der Waals surface area contributed by atoms with Gasteiger partial charge >= 0.3 is 0 Å². The summed E-state index contributed by atoms with van der Waals surface area (Å²) in [5, 5.41) is 1.97. The molecule has 0 aliphatic heterocycles. The molecule has 0 radical (unpaired) electrons. The fourth-order valence-corrected chi connectivity index (χ4v) is 3.34. The van der Waals surface area contributed by atoms with E-state index in [0.717, 1.165) is 22.6 Å². The van der Waals surface area contributed by atoms with Gasteiger partial charge in [0, 0.05) is 17.5 Å². The Kier molecular flexibility index (Phi) is 2.52. The van der Waals surface area contributed by atoms with Crippen molar-refractivity contribution in [2.24, 2.45) is 0 Å². The van der Waals surface area contributed by atoms with Gasteiger partial charge in [-0.1, -0.05) is 19.3 Å². The van der Waals surface area contributed by atoms with Crippen LogP contribution in [0.1, 0.15) is 54.2 Å². The lowest BCUT2D eigenvalue weighted by molar-refractivity contribution is 0.111. The molecule has 0 bridgehead atoms. The molecule has 3 nitrogen and oxygen atoms in total. The molecule has 1 fully saturated rings. The van der Waals surface area contributed by atoms with E-state index in [4.69, 9.17) is 0 Å². The molecule has 2 aromatic rings. The van der Waals surface area contributed by atoms with Crippen molar-refractivity contribution in [2.45, 2.75) is 38.0 Å². The van der Waals surface area contributed by atoms with E-state index in [2.05, 4.69) is 4.98 Å². The van der Waals surface area contributed by atoms with E-state index in [-0.39, 0.29) is 0 Å². The first-order valence-electron chi connectivity index (χ1n) is 5.81. The van der Waals surface area contributed by atoms with Gasteiger partial charge in [0.2, 0.25) is 0 Å². The van der Waals surface area contributed by atoms with E-state index in [1.165, 1.54) is 32.1 Å². The average Bonchev–Trinajstić information content (AvgIpc) is 2.89. The van der Waals surface area contributed by atoms with Crippen molar-refractivity contribution >= 4 is 22.6 Å². The maximum Gasteiger partial charge on any atom is 0.194 e. The Morgan fingerprint density at radius 3 is 2.94 bits per heavy atom. The maximum absolute atomic E-state index is 11.2. The Balaban J connectivity index is 2.07. The van der Waals surface area contributed by atoms with Crippen molar-refractivity contribution in [1.82, 2.24) is 9.38 Å². The smallest absolute Gasteiger partial charge is 0.194 e. The lowest BCUT2D eigenvalue weighted by atomic mass is 9.86. The quantitative estimate of drug-likeness (QED) is 0.747. The van der Waals surface area contributed by atoms with Gasteiger partial charge in [0.05, 0.1) is 5.69 Å². The third-order valence-electron chi connectivity index (χ3n) is 3.43. The van der Waals surface area contributed by atoms with E-state index in [9.17, 15) is 4.79 Å². The van der Waals surface area contributed by atoms with Gasteiger partial charge in [-0.2, -0.15) is 0 Å². The molecular weight excluding hydrogens is 220 g/mol. The van der Waals surface area contributed by atoms with Crippen molar-refractivity contribution < 1.29 is 4.79 Å². The minimum Gasteiger partial charge on any atom is -0.296 e. The Labute approximate surface area is 98.1 Å². The molecule has 0 spiro atoms. The number of hydrogen-bond acceptors (Lipinski definition) is 3. The number of fused-ring (bicyclic) bond motifs is 1. The van der Waals surface area contributed by atoms with E-state index in [1.807, 2.05) is 16.0 Å². The molecule has 84 valence electrons. The molecule has 2 aromatic heterocycles. The summed E-state index contributed by atoms with van der Waals surface area (Å²) in [6.07, 6.45) is 9.13. The zero-order valence-corrected chi connectivity index (χ0v) is 9.87. The first kappa shape index (κ1) is 10.0. The second-order valence-electron chi connectivity index (χ2n) is 4.39. The monoisotopic (exact) mass is 234 g/mol. The molecule has 16 heavy (non-hydrogen) atoms. The number of hydrogen-bond donors (Lipinski definition) is 0. The summed E-state index contributed by atoms with van der Waals surface area (Å²) in [6.45, 7) is 0. The first-order valence-corrected chi connectivity index (χ1v) is 6.68. The molecular formula is C12H14N2OS. The molecule has 0 N–H and O–H groups in total. The van der Waals surface area contributed by atoms with Gasteiger partial charge in [-0.05, 0) is 12.8 Å². The number of thiazole rings is 1. The summed E-state index contributed by atoms with van der Waals surface area (Å²) in [7, 11) is 0. The van der Waals surface area contributed by atoms with Gasteiger partial charge in [0.15, 0.2) is 11.2 Å². The normalized spacial score (nSPS) is 18.0. The highest BCUT2D eigenvalue weighted by Gasteiger charge is 2.23. The number of aldehydes is 1. The standard InChI is InChI=1S/C12H14N2OS/c15-8-10-11(9-4-2-1-3-5-9)13-12-14(10)6-7-16-12/h6-9H,1-5H2.